The van der Waals surface area contributed by atoms with Gasteiger partial charge in [-0.2, -0.15) is 4.31 Å². The maximum Gasteiger partial charge on any atom is 0.252 e. The van der Waals surface area contributed by atoms with Crippen molar-refractivity contribution in [3.8, 4) is 0 Å². The predicted molar refractivity (Wildman–Crippen MR) is 67.9 cm³/mol. The van der Waals surface area contributed by atoms with Crippen LogP contribution in [0.2, 0.25) is 0 Å². The number of ether oxygens (including phenoxy) is 1. The summed E-state index contributed by atoms with van der Waals surface area (Å²) in [5.41, 5.74) is 0. The highest BCUT2D eigenvalue weighted by Gasteiger charge is 2.30. The van der Waals surface area contributed by atoms with Crippen molar-refractivity contribution in [3.63, 3.8) is 0 Å². The molecule has 1 aliphatic heterocycles. The van der Waals surface area contributed by atoms with Crippen LogP contribution in [0.15, 0.2) is 16.3 Å². The number of aryl methyl sites for hydroxylation is 1. The van der Waals surface area contributed by atoms with E-state index in [1.54, 1.807) is 6.07 Å². The molecular weight excluding hydrogens is 258 g/mol. The number of thiophene rings is 1. The van der Waals surface area contributed by atoms with Crippen LogP contribution in [-0.2, 0) is 21.2 Å². The van der Waals surface area contributed by atoms with Crippen molar-refractivity contribution in [2.24, 2.45) is 0 Å². The Kier molecular flexibility index (Phi) is 3.87. The zero-order valence-corrected chi connectivity index (χ0v) is 11.7. The molecule has 0 aliphatic carbocycles. The van der Waals surface area contributed by atoms with Crippen molar-refractivity contribution in [1.29, 1.82) is 0 Å². The van der Waals surface area contributed by atoms with Gasteiger partial charge in [-0.25, -0.2) is 8.42 Å². The SMILES string of the molecule is CCc1ccc(S(=O)(=O)N2CCO[C@H](C)C2)s1. The summed E-state index contributed by atoms with van der Waals surface area (Å²) < 4.78 is 32.0. The largest absolute Gasteiger partial charge is 0.376 e. The van der Waals surface area contributed by atoms with Crippen LogP contribution in [0.4, 0.5) is 0 Å². The molecule has 6 heteroatoms. The van der Waals surface area contributed by atoms with Crippen LogP contribution >= 0.6 is 11.3 Å². The summed E-state index contributed by atoms with van der Waals surface area (Å²) in [6.07, 6.45) is 0.851. The van der Waals surface area contributed by atoms with Crippen LogP contribution in [0.1, 0.15) is 18.7 Å². The molecule has 0 unspecified atom stereocenters. The molecule has 1 aromatic rings. The Bertz CT molecular complexity index is 481. The van der Waals surface area contributed by atoms with Gasteiger partial charge in [-0.15, -0.1) is 11.3 Å². The molecule has 1 fully saturated rings. The number of nitrogens with zero attached hydrogens (tertiary/aromatic N) is 1. The van der Waals surface area contributed by atoms with E-state index < -0.39 is 10.0 Å². The third kappa shape index (κ3) is 2.70. The van der Waals surface area contributed by atoms with E-state index in [1.165, 1.54) is 15.6 Å². The summed E-state index contributed by atoms with van der Waals surface area (Å²) in [5.74, 6) is 0. The molecule has 1 saturated heterocycles. The molecule has 0 radical (unpaired) electrons. The van der Waals surface area contributed by atoms with Crippen molar-refractivity contribution >= 4 is 21.4 Å². The summed E-state index contributed by atoms with van der Waals surface area (Å²) in [6, 6.07) is 3.60. The third-order valence-electron chi connectivity index (χ3n) is 2.78. The van der Waals surface area contributed by atoms with E-state index in [-0.39, 0.29) is 6.10 Å². The number of hydrogen-bond acceptors (Lipinski definition) is 4. The van der Waals surface area contributed by atoms with E-state index in [0.29, 0.717) is 23.9 Å². The fraction of sp³-hybridized carbons (Fsp3) is 0.636. The molecule has 0 N–H and O–H groups in total. The summed E-state index contributed by atoms with van der Waals surface area (Å²) in [6.45, 7) is 5.30. The first-order valence-corrected chi connectivity index (χ1v) is 8.00. The Morgan fingerprint density at radius 2 is 2.29 bits per heavy atom. The third-order valence-corrected chi connectivity index (χ3v) is 6.35. The normalized spacial score (nSPS) is 22.8. The van der Waals surface area contributed by atoms with Gasteiger partial charge in [0, 0.05) is 18.0 Å². The fourth-order valence-electron chi connectivity index (χ4n) is 1.82. The average molecular weight is 275 g/mol. The van der Waals surface area contributed by atoms with Crippen LogP contribution in [0.5, 0.6) is 0 Å². The van der Waals surface area contributed by atoms with Gasteiger partial charge < -0.3 is 4.74 Å². The van der Waals surface area contributed by atoms with Crippen LogP contribution in [0.3, 0.4) is 0 Å². The molecule has 96 valence electrons. The standard InChI is InChI=1S/C11H17NO3S2/c1-3-10-4-5-11(16-10)17(13,14)12-6-7-15-9(2)8-12/h4-5,9H,3,6-8H2,1-2H3/t9-/m1/s1. The Morgan fingerprint density at radius 1 is 1.53 bits per heavy atom. The van der Waals surface area contributed by atoms with E-state index >= 15 is 0 Å². The van der Waals surface area contributed by atoms with Gasteiger partial charge in [-0.1, -0.05) is 6.92 Å². The summed E-state index contributed by atoms with van der Waals surface area (Å²) in [7, 11) is -3.31. The number of hydrogen-bond donors (Lipinski definition) is 0. The van der Waals surface area contributed by atoms with Gasteiger partial charge in [-0.05, 0) is 25.5 Å². The van der Waals surface area contributed by atoms with Crippen molar-refractivity contribution in [2.75, 3.05) is 19.7 Å². The second-order valence-electron chi connectivity index (χ2n) is 4.12. The fourth-order valence-corrected chi connectivity index (χ4v) is 4.77. The van der Waals surface area contributed by atoms with E-state index in [1.807, 2.05) is 19.9 Å². The lowest BCUT2D eigenvalue weighted by Crippen LogP contribution is -2.44. The quantitative estimate of drug-likeness (QED) is 0.844. The second kappa shape index (κ2) is 5.06. The highest BCUT2D eigenvalue weighted by Crippen LogP contribution is 2.26. The Labute approximate surface area is 106 Å². The Morgan fingerprint density at radius 3 is 2.88 bits per heavy atom. The molecule has 1 aliphatic rings. The average Bonchev–Trinajstić information content (AvgIpc) is 2.78. The van der Waals surface area contributed by atoms with Gasteiger partial charge in [0.15, 0.2) is 0 Å². The van der Waals surface area contributed by atoms with Crippen LogP contribution in [-0.4, -0.2) is 38.5 Å². The van der Waals surface area contributed by atoms with Gasteiger partial charge in [0.25, 0.3) is 10.0 Å². The number of morpholine rings is 1. The minimum atomic E-state index is -3.31. The molecule has 4 nitrogen and oxygen atoms in total. The summed E-state index contributed by atoms with van der Waals surface area (Å²) in [4.78, 5) is 1.10. The molecule has 0 spiro atoms. The molecule has 2 heterocycles. The first-order valence-electron chi connectivity index (χ1n) is 5.74. The van der Waals surface area contributed by atoms with E-state index in [9.17, 15) is 8.42 Å². The van der Waals surface area contributed by atoms with Gasteiger partial charge in [0.1, 0.15) is 4.21 Å². The van der Waals surface area contributed by atoms with Crippen LogP contribution in [0.25, 0.3) is 0 Å². The summed E-state index contributed by atoms with van der Waals surface area (Å²) in [5, 5.41) is 0. The van der Waals surface area contributed by atoms with Crippen molar-refractivity contribution in [1.82, 2.24) is 4.31 Å². The Balaban J connectivity index is 2.23. The first-order chi connectivity index (χ1) is 8.04. The molecular formula is C11H17NO3S2. The van der Waals surface area contributed by atoms with Gasteiger partial charge in [-0.3, -0.25) is 0 Å². The maximum atomic E-state index is 12.3. The van der Waals surface area contributed by atoms with Crippen LogP contribution < -0.4 is 0 Å². The zero-order valence-electron chi connectivity index (χ0n) is 10.0. The Hall–Kier alpha value is -0.430. The van der Waals surface area contributed by atoms with Gasteiger partial charge >= 0.3 is 0 Å². The molecule has 0 aromatic carbocycles. The highest BCUT2D eigenvalue weighted by atomic mass is 32.2. The maximum absolute atomic E-state index is 12.3. The van der Waals surface area contributed by atoms with Crippen molar-refractivity contribution < 1.29 is 13.2 Å². The lowest BCUT2D eigenvalue weighted by molar-refractivity contribution is 0.0102. The first kappa shape index (κ1) is 13.0. The molecule has 1 atom stereocenters. The topological polar surface area (TPSA) is 46.6 Å². The number of rotatable bonds is 3. The van der Waals surface area contributed by atoms with E-state index in [0.717, 1.165) is 11.3 Å². The number of sulfonamides is 1. The highest BCUT2D eigenvalue weighted by molar-refractivity contribution is 7.91. The van der Waals surface area contributed by atoms with Crippen molar-refractivity contribution in [3.05, 3.63) is 17.0 Å². The minimum absolute atomic E-state index is 0.0240. The predicted octanol–water partition coefficient (Wildman–Crippen LogP) is 1.72. The molecule has 0 bridgehead atoms. The molecule has 1 aromatic heterocycles. The lowest BCUT2D eigenvalue weighted by atomic mass is 10.3. The van der Waals surface area contributed by atoms with Crippen LogP contribution in [0, 0.1) is 0 Å². The molecule has 17 heavy (non-hydrogen) atoms. The molecule has 0 amide bonds. The van der Waals surface area contributed by atoms with Gasteiger partial charge in [0.2, 0.25) is 0 Å². The summed E-state index contributed by atoms with van der Waals surface area (Å²) >= 11 is 1.36. The zero-order chi connectivity index (χ0) is 12.5. The monoisotopic (exact) mass is 275 g/mol. The van der Waals surface area contributed by atoms with Crippen molar-refractivity contribution in [2.45, 2.75) is 30.6 Å². The molecule has 2 rings (SSSR count). The van der Waals surface area contributed by atoms with E-state index in [2.05, 4.69) is 0 Å². The smallest absolute Gasteiger partial charge is 0.252 e. The van der Waals surface area contributed by atoms with E-state index in [4.69, 9.17) is 4.74 Å². The minimum Gasteiger partial charge on any atom is -0.376 e. The lowest BCUT2D eigenvalue weighted by Gasteiger charge is -2.29. The second-order valence-corrected chi connectivity index (χ2v) is 7.45. The molecule has 0 saturated carbocycles. The van der Waals surface area contributed by atoms with Gasteiger partial charge in [0.05, 0.1) is 12.7 Å².